The zero-order chi connectivity index (χ0) is 13.1. The van der Waals surface area contributed by atoms with Gasteiger partial charge in [0.05, 0.1) is 5.75 Å². The number of hydrogen-bond acceptors (Lipinski definition) is 4. The topological polar surface area (TPSA) is 68.0 Å². The largest absolute Gasteiger partial charge is 0.481 e. The molecule has 2 rings (SSSR count). The second-order valence-corrected chi connectivity index (χ2v) is 4.88. The van der Waals surface area contributed by atoms with Crippen LogP contribution in [0.5, 0.6) is 0 Å². The fourth-order valence-electron chi connectivity index (χ4n) is 1.50. The number of aromatic nitrogens is 3. The lowest BCUT2D eigenvalue weighted by Gasteiger charge is -2.07. The molecule has 18 heavy (non-hydrogen) atoms. The molecule has 0 saturated heterocycles. The van der Waals surface area contributed by atoms with E-state index in [0.29, 0.717) is 5.16 Å². The van der Waals surface area contributed by atoms with Crippen LogP contribution in [0.1, 0.15) is 11.1 Å². The summed E-state index contributed by atoms with van der Waals surface area (Å²) in [7, 11) is 0. The van der Waals surface area contributed by atoms with Crippen molar-refractivity contribution in [2.75, 3.05) is 5.75 Å². The first kappa shape index (κ1) is 12.6. The first-order chi connectivity index (χ1) is 8.58. The average molecular weight is 263 g/mol. The molecule has 0 atom stereocenters. The van der Waals surface area contributed by atoms with Gasteiger partial charge in [0.25, 0.3) is 0 Å². The Hall–Kier alpha value is -1.82. The maximum Gasteiger partial charge on any atom is 0.313 e. The van der Waals surface area contributed by atoms with Crippen molar-refractivity contribution in [3.05, 3.63) is 35.7 Å². The van der Waals surface area contributed by atoms with Gasteiger partial charge in [-0.15, -0.1) is 10.2 Å². The Morgan fingerprint density at radius 1 is 1.39 bits per heavy atom. The number of aryl methyl sites for hydroxylation is 2. The quantitative estimate of drug-likeness (QED) is 0.855. The summed E-state index contributed by atoms with van der Waals surface area (Å²) >= 11 is 1.16. The minimum absolute atomic E-state index is 0.0243. The van der Waals surface area contributed by atoms with Crippen molar-refractivity contribution in [2.24, 2.45) is 0 Å². The number of hydrogen-bond donors (Lipinski definition) is 1. The molecule has 2 aromatic rings. The maximum atomic E-state index is 10.6. The molecular weight excluding hydrogens is 250 g/mol. The lowest BCUT2D eigenvalue weighted by atomic mass is 10.1. The van der Waals surface area contributed by atoms with Crippen LogP contribution in [0.3, 0.4) is 0 Å². The molecule has 6 heteroatoms. The molecule has 0 unspecified atom stereocenters. The zero-order valence-electron chi connectivity index (χ0n) is 10.1. The molecule has 1 aromatic heterocycles. The van der Waals surface area contributed by atoms with Gasteiger partial charge in [-0.1, -0.05) is 17.8 Å². The fourth-order valence-corrected chi connectivity index (χ4v) is 2.15. The van der Waals surface area contributed by atoms with Gasteiger partial charge in [0.2, 0.25) is 0 Å². The van der Waals surface area contributed by atoms with E-state index < -0.39 is 5.97 Å². The van der Waals surface area contributed by atoms with Crippen molar-refractivity contribution in [1.82, 2.24) is 14.8 Å². The predicted octanol–water partition coefficient (Wildman–Crippen LogP) is 2.06. The van der Waals surface area contributed by atoms with Crippen LogP contribution in [-0.2, 0) is 4.79 Å². The van der Waals surface area contributed by atoms with Gasteiger partial charge in [-0.25, -0.2) is 0 Å². The van der Waals surface area contributed by atoms with E-state index in [0.717, 1.165) is 17.4 Å². The third kappa shape index (κ3) is 2.70. The highest BCUT2D eigenvalue weighted by Crippen LogP contribution is 2.20. The summed E-state index contributed by atoms with van der Waals surface area (Å²) in [5.74, 6) is -0.890. The minimum atomic E-state index is -0.866. The summed E-state index contributed by atoms with van der Waals surface area (Å²) < 4.78 is 1.79. The molecule has 0 spiro atoms. The van der Waals surface area contributed by atoms with Crippen LogP contribution >= 0.6 is 11.8 Å². The highest BCUT2D eigenvalue weighted by Gasteiger charge is 2.09. The minimum Gasteiger partial charge on any atom is -0.481 e. The Morgan fingerprint density at radius 3 is 2.83 bits per heavy atom. The molecule has 0 bridgehead atoms. The molecular formula is C12H13N3O2S. The van der Waals surface area contributed by atoms with E-state index in [1.54, 1.807) is 10.9 Å². The van der Waals surface area contributed by atoms with E-state index in [1.807, 2.05) is 32.0 Å². The fraction of sp³-hybridized carbons (Fsp3) is 0.250. The van der Waals surface area contributed by atoms with Crippen LogP contribution in [0.15, 0.2) is 29.7 Å². The summed E-state index contributed by atoms with van der Waals surface area (Å²) in [5, 5.41) is 17.0. The van der Waals surface area contributed by atoms with Crippen molar-refractivity contribution in [3.8, 4) is 5.69 Å². The number of aliphatic carboxylic acids is 1. The normalized spacial score (nSPS) is 10.6. The van der Waals surface area contributed by atoms with E-state index in [-0.39, 0.29) is 5.75 Å². The summed E-state index contributed by atoms with van der Waals surface area (Å²) in [4.78, 5) is 10.6. The number of carboxylic acids is 1. The number of nitrogens with zero attached hydrogens (tertiary/aromatic N) is 3. The van der Waals surface area contributed by atoms with Crippen molar-refractivity contribution in [2.45, 2.75) is 19.0 Å². The van der Waals surface area contributed by atoms with Gasteiger partial charge in [0.15, 0.2) is 5.16 Å². The van der Waals surface area contributed by atoms with Gasteiger partial charge < -0.3 is 5.11 Å². The standard InChI is InChI=1S/C12H13N3O2S/c1-8-3-4-10(5-9(8)2)15-7-13-14-12(15)18-6-11(16)17/h3-5,7H,6H2,1-2H3,(H,16,17). The molecule has 0 radical (unpaired) electrons. The third-order valence-corrected chi connectivity index (χ3v) is 3.54. The highest BCUT2D eigenvalue weighted by atomic mass is 32.2. The number of carboxylic acid groups (broad SMARTS) is 1. The summed E-state index contributed by atoms with van der Waals surface area (Å²) in [5.41, 5.74) is 3.33. The summed E-state index contributed by atoms with van der Waals surface area (Å²) in [6, 6.07) is 6.02. The molecule has 0 aliphatic rings. The van der Waals surface area contributed by atoms with Crippen LogP contribution in [0, 0.1) is 13.8 Å². The summed E-state index contributed by atoms with van der Waals surface area (Å²) in [6.45, 7) is 4.08. The molecule has 0 aliphatic carbocycles. The number of thioether (sulfide) groups is 1. The van der Waals surface area contributed by atoms with Gasteiger partial charge >= 0.3 is 5.97 Å². The second kappa shape index (κ2) is 5.22. The van der Waals surface area contributed by atoms with E-state index in [2.05, 4.69) is 10.2 Å². The molecule has 0 amide bonds. The van der Waals surface area contributed by atoms with Crippen LogP contribution in [0.25, 0.3) is 5.69 Å². The van der Waals surface area contributed by atoms with E-state index >= 15 is 0 Å². The van der Waals surface area contributed by atoms with Gasteiger partial charge in [0.1, 0.15) is 6.33 Å². The van der Waals surface area contributed by atoms with E-state index in [1.165, 1.54) is 11.1 Å². The van der Waals surface area contributed by atoms with Crippen molar-refractivity contribution < 1.29 is 9.90 Å². The lowest BCUT2D eigenvalue weighted by Crippen LogP contribution is -2.01. The Kier molecular flexibility index (Phi) is 3.66. The number of benzene rings is 1. The number of rotatable bonds is 4. The second-order valence-electron chi connectivity index (χ2n) is 3.93. The zero-order valence-corrected chi connectivity index (χ0v) is 10.9. The van der Waals surface area contributed by atoms with Gasteiger partial charge in [0, 0.05) is 5.69 Å². The molecule has 0 saturated carbocycles. The van der Waals surface area contributed by atoms with Crippen LogP contribution in [-0.4, -0.2) is 31.6 Å². The summed E-state index contributed by atoms with van der Waals surface area (Å²) in [6.07, 6.45) is 1.59. The highest BCUT2D eigenvalue weighted by molar-refractivity contribution is 7.99. The maximum absolute atomic E-state index is 10.6. The first-order valence-corrected chi connectivity index (χ1v) is 6.38. The Morgan fingerprint density at radius 2 is 2.17 bits per heavy atom. The Labute approximate surface area is 109 Å². The van der Waals surface area contributed by atoms with E-state index in [4.69, 9.17) is 5.11 Å². The number of carbonyl (C=O) groups is 1. The predicted molar refractivity (Wildman–Crippen MR) is 69.2 cm³/mol. The average Bonchev–Trinajstić information content (AvgIpc) is 2.78. The SMILES string of the molecule is Cc1ccc(-n2cnnc2SCC(=O)O)cc1C. The Balaban J connectivity index is 2.30. The van der Waals surface area contributed by atoms with Gasteiger partial charge in [-0.2, -0.15) is 0 Å². The lowest BCUT2D eigenvalue weighted by molar-refractivity contribution is -0.133. The van der Waals surface area contributed by atoms with Gasteiger partial charge in [-0.05, 0) is 37.1 Å². The van der Waals surface area contributed by atoms with Crippen molar-refractivity contribution in [1.29, 1.82) is 0 Å². The molecule has 1 aromatic carbocycles. The molecule has 0 aliphatic heterocycles. The molecule has 1 heterocycles. The Bertz CT molecular complexity index is 580. The molecule has 94 valence electrons. The smallest absolute Gasteiger partial charge is 0.313 e. The van der Waals surface area contributed by atoms with E-state index in [9.17, 15) is 4.79 Å². The first-order valence-electron chi connectivity index (χ1n) is 5.40. The van der Waals surface area contributed by atoms with Gasteiger partial charge in [-0.3, -0.25) is 9.36 Å². The molecule has 0 fully saturated rings. The van der Waals surface area contributed by atoms with Crippen molar-refractivity contribution in [3.63, 3.8) is 0 Å². The van der Waals surface area contributed by atoms with Crippen LogP contribution in [0.2, 0.25) is 0 Å². The molecule has 1 N–H and O–H groups in total. The third-order valence-electron chi connectivity index (χ3n) is 2.61. The van der Waals surface area contributed by atoms with Crippen molar-refractivity contribution >= 4 is 17.7 Å². The molecule has 5 nitrogen and oxygen atoms in total. The monoisotopic (exact) mass is 263 g/mol. The van der Waals surface area contributed by atoms with Crippen LogP contribution in [0.4, 0.5) is 0 Å². The van der Waals surface area contributed by atoms with Crippen LogP contribution < -0.4 is 0 Å².